The molecule has 0 atom stereocenters. The summed E-state index contributed by atoms with van der Waals surface area (Å²) in [6, 6.07) is 1.74. The normalized spacial score (nSPS) is 10.1. The Hall–Kier alpha value is -1.40. The second-order valence-electron chi connectivity index (χ2n) is 3.00. The minimum absolute atomic E-state index is 0.477. The van der Waals surface area contributed by atoms with Crippen LogP contribution in [0.2, 0.25) is 0 Å². The van der Waals surface area contributed by atoms with Crippen molar-refractivity contribution in [2.75, 3.05) is 45.9 Å². The van der Waals surface area contributed by atoms with Crippen LogP contribution in [0.4, 0.5) is 5.82 Å². The molecule has 1 aromatic heterocycles. The van der Waals surface area contributed by atoms with Gasteiger partial charge < -0.3 is 19.5 Å². The highest BCUT2D eigenvalue weighted by Crippen LogP contribution is 2.10. The zero-order valence-corrected chi connectivity index (χ0v) is 9.60. The summed E-state index contributed by atoms with van der Waals surface area (Å²) >= 11 is 0. The Balaban J connectivity index is 2.37. The average molecular weight is 227 g/mol. The fraction of sp³-hybridized carbons (Fsp3) is 0.600. The van der Waals surface area contributed by atoms with Crippen LogP contribution in [0.5, 0.6) is 5.88 Å². The van der Waals surface area contributed by atoms with E-state index in [0.717, 1.165) is 5.82 Å². The van der Waals surface area contributed by atoms with Gasteiger partial charge in [0.05, 0.1) is 13.2 Å². The van der Waals surface area contributed by atoms with Crippen LogP contribution in [0.1, 0.15) is 0 Å². The molecule has 0 spiro atoms. The van der Waals surface area contributed by atoms with Crippen LogP contribution in [0.25, 0.3) is 0 Å². The molecule has 1 N–H and O–H groups in total. The van der Waals surface area contributed by atoms with Gasteiger partial charge >= 0.3 is 0 Å². The van der Waals surface area contributed by atoms with E-state index in [2.05, 4.69) is 15.3 Å². The van der Waals surface area contributed by atoms with Crippen molar-refractivity contribution < 1.29 is 14.2 Å². The molecular formula is C10H17N3O3. The first kappa shape index (κ1) is 12.7. The van der Waals surface area contributed by atoms with Crippen LogP contribution in [-0.4, -0.2) is 50.6 Å². The van der Waals surface area contributed by atoms with Gasteiger partial charge in [-0.1, -0.05) is 0 Å². The van der Waals surface area contributed by atoms with Crippen LogP contribution in [0.15, 0.2) is 12.4 Å². The Morgan fingerprint density at radius 1 is 1.12 bits per heavy atom. The van der Waals surface area contributed by atoms with E-state index in [0.29, 0.717) is 32.2 Å². The lowest BCUT2D eigenvalue weighted by atomic mass is 10.5. The van der Waals surface area contributed by atoms with Crippen molar-refractivity contribution in [2.24, 2.45) is 0 Å². The van der Waals surface area contributed by atoms with E-state index in [-0.39, 0.29) is 0 Å². The summed E-state index contributed by atoms with van der Waals surface area (Å²) in [6.07, 6.45) is 1.46. The summed E-state index contributed by atoms with van der Waals surface area (Å²) in [4.78, 5) is 8.03. The Bertz CT molecular complexity index is 271. The molecule has 0 bridgehead atoms. The smallest absolute Gasteiger partial charge is 0.218 e. The third-order valence-corrected chi connectivity index (χ3v) is 1.79. The lowest BCUT2D eigenvalue weighted by molar-refractivity contribution is 0.143. The summed E-state index contributed by atoms with van der Waals surface area (Å²) in [7, 11) is 3.28. The molecule has 1 aromatic rings. The topological polar surface area (TPSA) is 65.5 Å². The molecule has 0 radical (unpaired) electrons. The number of anilines is 1. The second kappa shape index (κ2) is 7.84. The van der Waals surface area contributed by atoms with E-state index in [1.165, 1.54) is 6.33 Å². The third kappa shape index (κ3) is 4.90. The Morgan fingerprint density at radius 3 is 2.69 bits per heavy atom. The molecule has 6 nitrogen and oxygen atoms in total. The Kier molecular flexibility index (Phi) is 6.20. The van der Waals surface area contributed by atoms with Crippen molar-refractivity contribution in [2.45, 2.75) is 0 Å². The summed E-state index contributed by atoms with van der Waals surface area (Å²) in [5, 5.41) is 3.09. The predicted molar refractivity (Wildman–Crippen MR) is 59.8 cm³/mol. The van der Waals surface area contributed by atoms with E-state index in [9.17, 15) is 0 Å². The minimum atomic E-state index is 0.477. The molecule has 0 saturated heterocycles. The molecule has 6 heteroatoms. The zero-order chi connectivity index (χ0) is 11.6. The van der Waals surface area contributed by atoms with E-state index in [4.69, 9.17) is 14.2 Å². The van der Waals surface area contributed by atoms with Gasteiger partial charge in [-0.05, 0) is 0 Å². The van der Waals surface area contributed by atoms with Crippen molar-refractivity contribution in [3.05, 3.63) is 12.4 Å². The monoisotopic (exact) mass is 227 g/mol. The first-order valence-electron chi connectivity index (χ1n) is 5.03. The van der Waals surface area contributed by atoms with Gasteiger partial charge in [-0.3, -0.25) is 0 Å². The highest BCUT2D eigenvalue weighted by atomic mass is 16.5. The maximum atomic E-state index is 5.35. The molecule has 0 saturated carbocycles. The van der Waals surface area contributed by atoms with Gasteiger partial charge in [0.25, 0.3) is 0 Å². The quantitative estimate of drug-likeness (QED) is 0.655. The second-order valence-corrected chi connectivity index (χ2v) is 3.00. The van der Waals surface area contributed by atoms with Gasteiger partial charge in [0.15, 0.2) is 0 Å². The molecule has 16 heavy (non-hydrogen) atoms. The number of hydrogen-bond acceptors (Lipinski definition) is 6. The van der Waals surface area contributed by atoms with Crippen LogP contribution < -0.4 is 10.1 Å². The maximum Gasteiger partial charge on any atom is 0.218 e. The number of aromatic nitrogens is 2. The van der Waals surface area contributed by atoms with Crippen molar-refractivity contribution in [1.29, 1.82) is 0 Å². The first-order valence-corrected chi connectivity index (χ1v) is 5.03. The Labute approximate surface area is 95.0 Å². The number of methoxy groups -OCH3 is 2. The average Bonchev–Trinajstić information content (AvgIpc) is 2.30. The van der Waals surface area contributed by atoms with Crippen molar-refractivity contribution in [1.82, 2.24) is 9.97 Å². The van der Waals surface area contributed by atoms with Gasteiger partial charge in [-0.25, -0.2) is 9.97 Å². The Morgan fingerprint density at radius 2 is 1.94 bits per heavy atom. The molecule has 0 unspecified atom stereocenters. The summed E-state index contributed by atoms with van der Waals surface area (Å²) in [6.45, 7) is 2.34. The largest absolute Gasteiger partial charge is 0.475 e. The van der Waals surface area contributed by atoms with Crippen LogP contribution in [0.3, 0.4) is 0 Å². The lowest BCUT2D eigenvalue weighted by Gasteiger charge is -2.07. The standard InChI is InChI=1S/C10H17N3O3/c1-14-4-3-11-9-7-10(13-8-12-9)16-6-5-15-2/h7-8H,3-6H2,1-2H3,(H,11,12,13). The van der Waals surface area contributed by atoms with Crippen molar-refractivity contribution in [3.63, 3.8) is 0 Å². The molecular weight excluding hydrogens is 210 g/mol. The number of rotatable bonds is 8. The molecule has 90 valence electrons. The fourth-order valence-electron chi connectivity index (χ4n) is 1.03. The van der Waals surface area contributed by atoms with Crippen LogP contribution in [0, 0.1) is 0 Å². The maximum absolute atomic E-state index is 5.35. The molecule has 0 aliphatic rings. The predicted octanol–water partition coefficient (Wildman–Crippen LogP) is 0.560. The first-order chi connectivity index (χ1) is 7.86. The summed E-state index contributed by atoms with van der Waals surface area (Å²) in [5.41, 5.74) is 0. The van der Waals surface area contributed by atoms with Crippen LogP contribution >= 0.6 is 0 Å². The van der Waals surface area contributed by atoms with E-state index in [1.807, 2.05) is 0 Å². The van der Waals surface area contributed by atoms with Gasteiger partial charge in [0, 0.05) is 26.8 Å². The van der Waals surface area contributed by atoms with E-state index >= 15 is 0 Å². The highest BCUT2D eigenvalue weighted by Gasteiger charge is 1.98. The van der Waals surface area contributed by atoms with Crippen LogP contribution in [-0.2, 0) is 9.47 Å². The molecule has 1 rings (SSSR count). The van der Waals surface area contributed by atoms with Crippen molar-refractivity contribution in [3.8, 4) is 5.88 Å². The lowest BCUT2D eigenvalue weighted by Crippen LogP contribution is -2.10. The number of hydrogen-bond donors (Lipinski definition) is 1. The number of ether oxygens (including phenoxy) is 3. The highest BCUT2D eigenvalue weighted by molar-refractivity contribution is 5.36. The zero-order valence-electron chi connectivity index (χ0n) is 9.60. The number of nitrogens with zero attached hydrogens (tertiary/aromatic N) is 2. The van der Waals surface area contributed by atoms with Gasteiger partial charge in [0.2, 0.25) is 5.88 Å². The van der Waals surface area contributed by atoms with E-state index in [1.54, 1.807) is 20.3 Å². The van der Waals surface area contributed by atoms with E-state index < -0.39 is 0 Å². The minimum Gasteiger partial charge on any atom is -0.475 e. The summed E-state index contributed by atoms with van der Waals surface area (Å²) < 4.78 is 15.1. The van der Waals surface area contributed by atoms with Gasteiger partial charge in [-0.2, -0.15) is 0 Å². The molecule has 1 heterocycles. The van der Waals surface area contributed by atoms with Crippen molar-refractivity contribution >= 4 is 5.82 Å². The molecule has 0 aliphatic carbocycles. The van der Waals surface area contributed by atoms with Gasteiger partial charge in [0.1, 0.15) is 18.8 Å². The SMILES string of the molecule is COCCNc1cc(OCCOC)ncn1. The fourth-order valence-corrected chi connectivity index (χ4v) is 1.03. The van der Waals surface area contributed by atoms with Gasteiger partial charge in [-0.15, -0.1) is 0 Å². The molecule has 0 amide bonds. The molecule has 0 aliphatic heterocycles. The summed E-state index contributed by atoms with van der Waals surface area (Å²) in [5.74, 6) is 1.26. The third-order valence-electron chi connectivity index (χ3n) is 1.79. The molecule has 0 aromatic carbocycles. The molecule has 0 fully saturated rings. The number of nitrogens with one attached hydrogen (secondary N) is 1.